The van der Waals surface area contributed by atoms with Crippen LogP contribution in [0.25, 0.3) is 27.8 Å². The van der Waals surface area contributed by atoms with Crippen molar-refractivity contribution in [3.63, 3.8) is 0 Å². The number of likely N-dealkylation sites (tertiary alicyclic amines) is 2. The molecule has 6 aromatic rings. The van der Waals surface area contributed by atoms with Crippen molar-refractivity contribution in [3.8, 4) is 40.7 Å². The largest absolute Gasteiger partial charge is 0.508 e. The van der Waals surface area contributed by atoms with Crippen LogP contribution < -0.4 is 20.2 Å². The first kappa shape index (κ1) is 48.2. The number of aromatic amines is 1. The number of aromatic nitrogens is 5. The van der Waals surface area contributed by atoms with E-state index in [-0.39, 0.29) is 72.1 Å². The lowest BCUT2D eigenvalue weighted by Gasteiger charge is -2.44. The van der Waals surface area contributed by atoms with E-state index in [1.165, 1.54) is 16.7 Å². The summed E-state index contributed by atoms with van der Waals surface area (Å²) >= 11 is 6.80. The van der Waals surface area contributed by atoms with Gasteiger partial charge in [-0.05, 0) is 97.6 Å². The number of phenolic OH excluding ortho intramolecular Hbond substituents is 2. The second-order valence-corrected chi connectivity index (χ2v) is 19.9. The van der Waals surface area contributed by atoms with Crippen molar-refractivity contribution in [1.82, 2.24) is 39.4 Å². The number of ether oxygens (including phenoxy) is 1. The maximum absolute atomic E-state index is 14.1. The van der Waals surface area contributed by atoms with E-state index in [0.29, 0.717) is 74.1 Å². The number of H-pyrrole nitrogens is 1. The fourth-order valence-electron chi connectivity index (χ4n) is 10.8. The van der Waals surface area contributed by atoms with E-state index in [2.05, 4.69) is 55.7 Å². The van der Waals surface area contributed by atoms with E-state index in [1.807, 2.05) is 61.2 Å². The molecule has 0 bridgehead atoms. The molecule has 0 radical (unpaired) electrons. The lowest BCUT2D eigenvalue weighted by Crippen LogP contribution is -2.56. The smallest absolute Gasteiger partial charge is 0.348 e. The van der Waals surface area contributed by atoms with Gasteiger partial charge in [-0.3, -0.25) is 14.5 Å². The summed E-state index contributed by atoms with van der Waals surface area (Å²) in [5.74, 6) is 0.621. The van der Waals surface area contributed by atoms with Crippen molar-refractivity contribution < 1.29 is 24.5 Å². The monoisotopic (exact) mass is 991 g/mol. The highest BCUT2D eigenvalue weighted by atomic mass is 35.5. The Morgan fingerprint density at radius 2 is 1.71 bits per heavy atom. The zero-order valence-corrected chi connectivity index (χ0v) is 41.3. The molecule has 0 aliphatic carbocycles. The topological polar surface area (TPSA) is 200 Å². The van der Waals surface area contributed by atoms with Gasteiger partial charge in [0.2, 0.25) is 11.8 Å². The Morgan fingerprint density at radius 3 is 2.43 bits per heavy atom. The van der Waals surface area contributed by atoms with Gasteiger partial charge in [0, 0.05) is 67.9 Å². The predicted octanol–water partition coefficient (Wildman–Crippen LogP) is 6.93. The first-order valence-electron chi connectivity index (χ1n) is 24.7. The number of piperazine rings is 1. The number of anilines is 2. The Kier molecular flexibility index (Phi) is 13.6. The predicted molar refractivity (Wildman–Crippen MR) is 275 cm³/mol. The fraction of sp³-hybridized carbons (Fsp3) is 0.389. The Labute approximate surface area is 422 Å². The van der Waals surface area contributed by atoms with Crippen LogP contribution in [-0.4, -0.2) is 126 Å². The summed E-state index contributed by atoms with van der Waals surface area (Å²) in [4.78, 5) is 60.4. The molecule has 6 heterocycles. The highest BCUT2D eigenvalue weighted by Crippen LogP contribution is 2.39. The van der Waals surface area contributed by atoms with Gasteiger partial charge in [0.25, 0.3) is 0 Å². The molecule has 4 aliphatic heterocycles. The third kappa shape index (κ3) is 9.44. The number of nitrogens with zero attached hydrogens (tertiary/aromatic N) is 10. The minimum atomic E-state index is -0.451. The molecule has 3 saturated heterocycles. The molecule has 0 saturated carbocycles. The number of hydrogen-bond donors (Lipinski definition) is 3. The standard InChI is InChI=1S/C54H58ClN11O6/c1-4-48(69)64-26-25-63(30-38(64)15-20-56)50-40-19-23-62(45-10-6-8-35-7-5-9-43(55)49(35)45)31-44(40)57-53(58-50)72-32-39-18-24-65(39)52(70)36-16-21-61(22-17-36)29-34-11-13-37(14-12-34)66-51(59-60-54(66)71)42-27-41(33(2)3)46(67)28-47(42)68/h4-14,27-28,33,36,38-39,67-68H,1,15-19,21-26,29-32H2,2-3H3,(H,60,71). The molecule has 2 unspecified atom stereocenters. The van der Waals surface area contributed by atoms with Crippen molar-refractivity contribution in [3.05, 3.63) is 123 Å². The Morgan fingerprint density at radius 1 is 0.931 bits per heavy atom. The van der Waals surface area contributed by atoms with Crippen LogP contribution in [0.2, 0.25) is 5.02 Å². The minimum Gasteiger partial charge on any atom is -0.508 e. The van der Waals surface area contributed by atoms with Gasteiger partial charge in [0.1, 0.15) is 23.9 Å². The number of halogens is 1. The van der Waals surface area contributed by atoms with E-state index >= 15 is 0 Å². The van der Waals surface area contributed by atoms with E-state index in [1.54, 1.807) is 11.0 Å². The number of nitriles is 1. The average Bonchev–Trinajstić information content (AvgIpc) is 3.76. The normalized spacial score (nSPS) is 18.5. The number of hydrogen-bond acceptors (Lipinski definition) is 13. The van der Waals surface area contributed by atoms with E-state index in [9.17, 15) is 29.9 Å². The number of amides is 2. The molecule has 18 heteroatoms. The van der Waals surface area contributed by atoms with Crippen molar-refractivity contribution in [2.45, 2.75) is 77.0 Å². The SMILES string of the molecule is C=CC(=O)N1CCN(c2nc(OCC3CCN3C(=O)C3CCN(Cc4ccc(-n5c(-c6cc(C(C)C)c(O)cc6O)n[nH]c5=O)cc4)CC3)nc3c2CCN(c2cccc4cccc(Cl)c24)C3)CC1CC#N. The van der Waals surface area contributed by atoms with Crippen LogP contribution in [0.4, 0.5) is 11.5 Å². The van der Waals surface area contributed by atoms with Crippen LogP contribution in [-0.2, 0) is 29.1 Å². The Balaban J connectivity index is 0.792. The highest BCUT2D eigenvalue weighted by Gasteiger charge is 2.39. The van der Waals surface area contributed by atoms with Crippen molar-refractivity contribution in [2.75, 3.05) is 62.2 Å². The Hall–Kier alpha value is -7.42. The molecule has 2 amide bonds. The number of carbonyl (C=O) groups excluding carboxylic acids is 2. The molecule has 2 aromatic heterocycles. The van der Waals surface area contributed by atoms with Gasteiger partial charge in [-0.25, -0.2) is 14.5 Å². The molecule has 4 aromatic carbocycles. The molecule has 4 aliphatic rings. The van der Waals surface area contributed by atoms with Gasteiger partial charge in [-0.1, -0.05) is 68.4 Å². The van der Waals surface area contributed by atoms with Gasteiger partial charge in [-0.15, -0.1) is 0 Å². The van der Waals surface area contributed by atoms with Crippen molar-refractivity contribution in [1.29, 1.82) is 5.26 Å². The van der Waals surface area contributed by atoms with Crippen LogP contribution in [0.5, 0.6) is 17.5 Å². The average molecular weight is 993 g/mol. The van der Waals surface area contributed by atoms with Crippen molar-refractivity contribution >= 4 is 45.7 Å². The summed E-state index contributed by atoms with van der Waals surface area (Å²) in [6.45, 7) is 13.3. The molecule has 2 atom stereocenters. The molecule has 10 rings (SSSR count). The van der Waals surface area contributed by atoms with Gasteiger partial charge in [0.15, 0.2) is 5.82 Å². The van der Waals surface area contributed by atoms with E-state index in [0.717, 1.165) is 71.5 Å². The molecular weight excluding hydrogens is 934 g/mol. The molecule has 372 valence electrons. The van der Waals surface area contributed by atoms with Crippen LogP contribution in [0, 0.1) is 17.2 Å². The fourth-order valence-corrected chi connectivity index (χ4v) is 11.1. The first-order valence-corrected chi connectivity index (χ1v) is 25.1. The maximum Gasteiger partial charge on any atom is 0.348 e. The molecule has 3 fully saturated rings. The van der Waals surface area contributed by atoms with Crippen LogP contribution in [0.1, 0.15) is 67.8 Å². The summed E-state index contributed by atoms with van der Waals surface area (Å²) in [6.07, 6.45) is 4.42. The van der Waals surface area contributed by atoms with Crippen LogP contribution in [0.3, 0.4) is 0 Å². The molecule has 3 N–H and O–H groups in total. The number of phenols is 2. The Bertz CT molecular complexity index is 3140. The lowest BCUT2D eigenvalue weighted by molar-refractivity contribution is -0.146. The zero-order chi connectivity index (χ0) is 50.2. The maximum atomic E-state index is 14.1. The van der Waals surface area contributed by atoms with Gasteiger partial charge in [-0.2, -0.15) is 20.3 Å². The first-order chi connectivity index (χ1) is 34.9. The zero-order valence-electron chi connectivity index (χ0n) is 40.5. The number of rotatable bonds is 13. The quantitative estimate of drug-likeness (QED) is 0.101. The number of piperidine rings is 1. The number of nitrogens with one attached hydrogen (secondary N) is 1. The van der Waals surface area contributed by atoms with Gasteiger partial charge >= 0.3 is 11.7 Å². The molecule has 72 heavy (non-hydrogen) atoms. The number of benzene rings is 4. The van der Waals surface area contributed by atoms with Crippen molar-refractivity contribution in [2.24, 2.45) is 5.92 Å². The molecule has 0 spiro atoms. The van der Waals surface area contributed by atoms with Crippen LogP contribution in [0.15, 0.2) is 90.2 Å². The van der Waals surface area contributed by atoms with Gasteiger partial charge < -0.3 is 34.5 Å². The summed E-state index contributed by atoms with van der Waals surface area (Å²) in [5.41, 5.74) is 5.03. The van der Waals surface area contributed by atoms with Crippen LogP contribution >= 0.6 is 11.6 Å². The highest BCUT2D eigenvalue weighted by molar-refractivity contribution is 6.36. The number of fused-ring (bicyclic) bond motifs is 2. The molecular formula is C54H58ClN11O6. The third-order valence-corrected chi connectivity index (χ3v) is 15.1. The molecule has 17 nitrogen and oxygen atoms in total. The second kappa shape index (κ2) is 20.4. The summed E-state index contributed by atoms with van der Waals surface area (Å²) in [7, 11) is 0. The van der Waals surface area contributed by atoms with E-state index < -0.39 is 5.69 Å². The van der Waals surface area contributed by atoms with E-state index in [4.69, 9.17) is 26.3 Å². The number of aromatic hydroxyl groups is 2. The third-order valence-electron chi connectivity index (χ3n) is 14.8. The summed E-state index contributed by atoms with van der Waals surface area (Å²) in [5, 5.41) is 40.3. The summed E-state index contributed by atoms with van der Waals surface area (Å²) in [6, 6.07) is 24.8. The number of carbonyl (C=O) groups is 2. The lowest BCUT2D eigenvalue weighted by atomic mass is 9.92. The second-order valence-electron chi connectivity index (χ2n) is 19.5. The van der Waals surface area contributed by atoms with Gasteiger partial charge in [0.05, 0.1) is 53.1 Å². The summed E-state index contributed by atoms with van der Waals surface area (Å²) < 4.78 is 7.87. The minimum absolute atomic E-state index is 0.0173.